The minimum Gasteiger partial charge on any atom is -0.335 e. The second kappa shape index (κ2) is 9.05. The third-order valence-electron chi connectivity index (χ3n) is 5.12. The van der Waals surface area contributed by atoms with E-state index < -0.39 is 10.0 Å². The van der Waals surface area contributed by atoms with Gasteiger partial charge in [0.2, 0.25) is 10.0 Å². The highest BCUT2D eigenvalue weighted by Crippen LogP contribution is 2.22. The molecule has 1 aromatic heterocycles. The summed E-state index contributed by atoms with van der Waals surface area (Å²) in [4.78, 5) is 26.8. The Morgan fingerprint density at radius 1 is 1.10 bits per heavy atom. The van der Waals surface area contributed by atoms with Gasteiger partial charge in [-0.15, -0.1) is 0 Å². The third-order valence-corrected chi connectivity index (χ3v) is 6.42. The number of nitrogens with zero attached hydrogens (tertiary/aromatic N) is 2. The van der Waals surface area contributed by atoms with E-state index in [0.717, 1.165) is 11.1 Å². The largest absolute Gasteiger partial charge is 0.335 e. The molecule has 0 aliphatic heterocycles. The molecule has 1 heterocycles. The van der Waals surface area contributed by atoms with Gasteiger partial charge in [0.1, 0.15) is 0 Å². The highest BCUT2D eigenvalue weighted by atomic mass is 35.5. The zero-order valence-corrected chi connectivity index (χ0v) is 18.6. The molecule has 0 saturated carbocycles. The second-order valence-corrected chi connectivity index (χ2v) is 9.15. The summed E-state index contributed by atoms with van der Waals surface area (Å²) in [5.41, 5.74) is 1.62. The van der Waals surface area contributed by atoms with Crippen LogP contribution in [0, 0.1) is 0 Å². The van der Waals surface area contributed by atoms with E-state index in [2.05, 4.69) is 0 Å². The van der Waals surface area contributed by atoms with Gasteiger partial charge >= 0.3 is 0 Å². The number of carbonyl (C=O) groups is 1. The van der Waals surface area contributed by atoms with Crippen LogP contribution in [0.5, 0.6) is 0 Å². The number of carbonyl (C=O) groups excluding carboxylic acids is 1. The fraction of sp³-hybridized carbons (Fsp3) is 0.182. The van der Waals surface area contributed by atoms with E-state index in [0.29, 0.717) is 10.6 Å². The standard InChI is InChI=1S/C22H22ClN3O4S/c1-15(16-7-10-19(11-8-16)31(24,29)30)25(2)22(28)18-9-12-21(27)26(14-18)13-17-5-3-4-6-20(17)23/h3-12,14-15H,13H2,1-2H3,(H2,24,29,30). The SMILES string of the molecule is CC(c1ccc(S(N)(=O)=O)cc1)N(C)C(=O)c1ccc(=O)n(Cc2ccccc2Cl)c1. The Kier molecular flexibility index (Phi) is 6.64. The number of amides is 1. The summed E-state index contributed by atoms with van der Waals surface area (Å²) in [5.74, 6) is -0.282. The van der Waals surface area contributed by atoms with Crippen molar-refractivity contribution in [2.45, 2.75) is 24.4 Å². The monoisotopic (exact) mass is 459 g/mol. The number of rotatable bonds is 6. The molecule has 1 unspecified atom stereocenters. The Morgan fingerprint density at radius 3 is 2.35 bits per heavy atom. The van der Waals surface area contributed by atoms with E-state index in [1.807, 2.05) is 19.1 Å². The molecule has 0 saturated heterocycles. The van der Waals surface area contributed by atoms with Gasteiger partial charge in [-0.3, -0.25) is 9.59 Å². The van der Waals surface area contributed by atoms with Crippen LogP contribution in [0.15, 0.2) is 76.6 Å². The Hall–Kier alpha value is -2.94. The van der Waals surface area contributed by atoms with Crippen LogP contribution in [0.2, 0.25) is 5.02 Å². The molecule has 0 fully saturated rings. The van der Waals surface area contributed by atoms with Crippen molar-refractivity contribution < 1.29 is 13.2 Å². The Balaban J connectivity index is 1.83. The van der Waals surface area contributed by atoms with Crippen LogP contribution in [0.4, 0.5) is 0 Å². The van der Waals surface area contributed by atoms with Gasteiger partial charge in [0.25, 0.3) is 11.5 Å². The fourth-order valence-corrected chi connectivity index (χ4v) is 3.84. The number of sulfonamides is 1. The van der Waals surface area contributed by atoms with Crippen LogP contribution in [0.25, 0.3) is 0 Å². The normalized spacial score (nSPS) is 12.4. The lowest BCUT2D eigenvalue weighted by Gasteiger charge is -2.26. The minimum absolute atomic E-state index is 0.00378. The summed E-state index contributed by atoms with van der Waals surface area (Å²) in [5, 5.41) is 5.67. The maximum Gasteiger partial charge on any atom is 0.255 e. The van der Waals surface area contributed by atoms with Crippen LogP contribution in [-0.2, 0) is 16.6 Å². The van der Waals surface area contributed by atoms with Gasteiger partial charge in [-0.2, -0.15) is 0 Å². The van der Waals surface area contributed by atoms with Gasteiger partial charge in [-0.25, -0.2) is 13.6 Å². The lowest BCUT2D eigenvalue weighted by Crippen LogP contribution is -2.31. The van der Waals surface area contributed by atoms with Crippen molar-refractivity contribution in [2.24, 2.45) is 5.14 Å². The maximum atomic E-state index is 13.0. The highest BCUT2D eigenvalue weighted by molar-refractivity contribution is 7.89. The molecule has 0 aliphatic carbocycles. The molecule has 9 heteroatoms. The first kappa shape index (κ1) is 22.7. The lowest BCUT2D eigenvalue weighted by molar-refractivity contribution is 0.0741. The summed E-state index contributed by atoms with van der Waals surface area (Å²) in [6.07, 6.45) is 1.52. The second-order valence-electron chi connectivity index (χ2n) is 7.18. The summed E-state index contributed by atoms with van der Waals surface area (Å²) in [6, 6.07) is 15.7. The molecular formula is C22H22ClN3O4S. The number of pyridine rings is 1. The molecular weight excluding hydrogens is 438 g/mol. The molecule has 7 nitrogen and oxygen atoms in total. The highest BCUT2D eigenvalue weighted by Gasteiger charge is 2.20. The van der Waals surface area contributed by atoms with E-state index in [9.17, 15) is 18.0 Å². The van der Waals surface area contributed by atoms with Crippen molar-refractivity contribution in [3.63, 3.8) is 0 Å². The molecule has 31 heavy (non-hydrogen) atoms. The van der Waals surface area contributed by atoms with E-state index in [1.165, 1.54) is 39.9 Å². The lowest BCUT2D eigenvalue weighted by atomic mass is 10.1. The molecule has 2 N–H and O–H groups in total. The van der Waals surface area contributed by atoms with E-state index in [4.69, 9.17) is 16.7 Å². The molecule has 0 spiro atoms. The van der Waals surface area contributed by atoms with Gasteiger partial charge in [0.15, 0.2) is 0 Å². The summed E-state index contributed by atoms with van der Waals surface area (Å²) < 4.78 is 24.3. The number of aromatic nitrogens is 1. The predicted octanol–water partition coefficient (Wildman–Crippen LogP) is 3.03. The van der Waals surface area contributed by atoms with Crippen molar-refractivity contribution in [1.82, 2.24) is 9.47 Å². The molecule has 162 valence electrons. The molecule has 1 atom stereocenters. The third kappa shape index (κ3) is 5.22. The van der Waals surface area contributed by atoms with Crippen LogP contribution >= 0.6 is 11.6 Å². The van der Waals surface area contributed by atoms with Crippen LogP contribution < -0.4 is 10.7 Å². The van der Waals surface area contributed by atoms with E-state index in [1.54, 1.807) is 31.3 Å². The fourth-order valence-electron chi connectivity index (χ4n) is 3.13. The Morgan fingerprint density at radius 2 is 1.74 bits per heavy atom. The van der Waals surface area contributed by atoms with Crippen molar-refractivity contribution in [2.75, 3.05) is 7.05 Å². The van der Waals surface area contributed by atoms with Crippen molar-refractivity contribution in [1.29, 1.82) is 0 Å². The predicted molar refractivity (Wildman–Crippen MR) is 120 cm³/mol. The topological polar surface area (TPSA) is 102 Å². The minimum atomic E-state index is -3.78. The van der Waals surface area contributed by atoms with Crippen LogP contribution in [0.1, 0.15) is 34.5 Å². The van der Waals surface area contributed by atoms with Gasteiger partial charge in [0.05, 0.1) is 23.0 Å². The average Bonchev–Trinajstić information content (AvgIpc) is 2.74. The van der Waals surface area contributed by atoms with Gasteiger partial charge in [-0.1, -0.05) is 41.9 Å². The first-order valence-electron chi connectivity index (χ1n) is 9.42. The molecule has 2 aromatic carbocycles. The van der Waals surface area contributed by atoms with Crippen molar-refractivity contribution in [3.8, 4) is 0 Å². The van der Waals surface area contributed by atoms with Crippen LogP contribution in [0.3, 0.4) is 0 Å². The number of nitrogens with two attached hydrogens (primary N) is 1. The Labute approximate surface area is 185 Å². The summed E-state index contributed by atoms with van der Waals surface area (Å²) >= 11 is 6.19. The molecule has 1 amide bonds. The van der Waals surface area contributed by atoms with Crippen molar-refractivity contribution >= 4 is 27.5 Å². The van der Waals surface area contributed by atoms with Gasteiger partial charge < -0.3 is 9.47 Å². The van der Waals surface area contributed by atoms with E-state index in [-0.39, 0.29) is 28.9 Å². The molecule has 0 bridgehead atoms. The number of hydrogen-bond acceptors (Lipinski definition) is 4. The first-order chi connectivity index (χ1) is 14.6. The maximum absolute atomic E-state index is 13.0. The van der Waals surface area contributed by atoms with Gasteiger partial charge in [0, 0.05) is 24.3 Å². The summed E-state index contributed by atoms with van der Waals surface area (Å²) in [7, 11) is -2.14. The number of hydrogen-bond donors (Lipinski definition) is 1. The number of benzene rings is 2. The quantitative estimate of drug-likeness (QED) is 0.611. The smallest absolute Gasteiger partial charge is 0.255 e. The molecule has 3 rings (SSSR count). The molecule has 0 radical (unpaired) electrons. The zero-order chi connectivity index (χ0) is 22.8. The van der Waals surface area contributed by atoms with Crippen LogP contribution in [-0.4, -0.2) is 30.8 Å². The number of halogens is 1. The summed E-state index contributed by atoms with van der Waals surface area (Å²) in [6.45, 7) is 2.07. The number of primary sulfonamides is 1. The Bertz CT molecular complexity index is 1270. The average molecular weight is 460 g/mol. The van der Waals surface area contributed by atoms with Crippen molar-refractivity contribution in [3.05, 3.63) is 98.9 Å². The zero-order valence-electron chi connectivity index (χ0n) is 17.0. The van der Waals surface area contributed by atoms with Gasteiger partial charge in [-0.05, 0) is 42.3 Å². The molecule has 3 aromatic rings. The van der Waals surface area contributed by atoms with E-state index >= 15 is 0 Å². The first-order valence-corrected chi connectivity index (χ1v) is 11.3. The molecule has 0 aliphatic rings.